The standard InChI is InChI=1S/C13H28N2O2/c1-6-11(4)9-15(5)8-7-12(13(16)17)14-10(2)3/h10-12,14H,6-9H2,1-5H3,(H,16,17). The van der Waals surface area contributed by atoms with Gasteiger partial charge in [0.2, 0.25) is 0 Å². The molecule has 0 aromatic heterocycles. The van der Waals surface area contributed by atoms with Crippen molar-refractivity contribution in [1.29, 1.82) is 0 Å². The molecule has 0 heterocycles. The maximum absolute atomic E-state index is 11.0. The number of carboxylic acids is 1. The number of rotatable bonds is 9. The van der Waals surface area contributed by atoms with Crippen LogP contribution in [0.5, 0.6) is 0 Å². The lowest BCUT2D eigenvalue weighted by Gasteiger charge is -2.23. The molecule has 2 N–H and O–H groups in total. The van der Waals surface area contributed by atoms with Gasteiger partial charge in [0, 0.05) is 12.6 Å². The van der Waals surface area contributed by atoms with E-state index in [-0.39, 0.29) is 6.04 Å². The Kier molecular flexibility index (Phi) is 8.17. The van der Waals surface area contributed by atoms with Crippen LogP contribution in [0.1, 0.15) is 40.5 Å². The summed E-state index contributed by atoms with van der Waals surface area (Å²) in [7, 11) is 2.06. The number of nitrogens with one attached hydrogen (secondary N) is 1. The van der Waals surface area contributed by atoms with Gasteiger partial charge in [0.25, 0.3) is 0 Å². The van der Waals surface area contributed by atoms with E-state index in [1.165, 1.54) is 0 Å². The Morgan fingerprint density at radius 1 is 1.35 bits per heavy atom. The van der Waals surface area contributed by atoms with Crippen LogP contribution in [0, 0.1) is 5.92 Å². The van der Waals surface area contributed by atoms with E-state index in [4.69, 9.17) is 5.11 Å². The molecule has 0 fully saturated rings. The molecule has 2 atom stereocenters. The SMILES string of the molecule is CCC(C)CN(C)CCC(NC(C)C)C(=O)O. The summed E-state index contributed by atoms with van der Waals surface area (Å²) in [5.41, 5.74) is 0. The molecule has 0 bridgehead atoms. The molecule has 0 rings (SSSR count). The number of carboxylic acid groups (broad SMARTS) is 1. The van der Waals surface area contributed by atoms with Crippen LogP contribution in [0.3, 0.4) is 0 Å². The second-order valence-electron chi connectivity index (χ2n) is 5.28. The molecule has 2 unspecified atom stereocenters. The molecule has 102 valence electrons. The van der Waals surface area contributed by atoms with E-state index < -0.39 is 12.0 Å². The molecule has 0 amide bonds. The largest absolute Gasteiger partial charge is 0.480 e. The minimum atomic E-state index is -0.754. The van der Waals surface area contributed by atoms with Gasteiger partial charge in [-0.25, -0.2) is 0 Å². The molecule has 4 heteroatoms. The lowest BCUT2D eigenvalue weighted by molar-refractivity contribution is -0.139. The highest BCUT2D eigenvalue weighted by molar-refractivity contribution is 5.73. The normalized spacial score (nSPS) is 15.2. The lowest BCUT2D eigenvalue weighted by Crippen LogP contribution is -2.43. The van der Waals surface area contributed by atoms with E-state index in [0.717, 1.165) is 19.5 Å². The van der Waals surface area contributed by atoms with Crippen molar-refractivity contribution < 1.29 is 9.90 Å². The number of nitrogens with zero attached hydrogens (tertiary/aromatic N) is 1. The molecule has 0 radical (unpaired) electrons. The van der Waals surface area contributed by atoms with Crippen LogP contribution in [0.4, 0.5) is 0 Å². The lowest BCUT2D eigenvalue weighted by atomic mass is 10.1. The summed E-state index contributed by atoms with van der Waals surface area (Å²) < 4.78 is 0. The summed E-state index contributed by atoms with van der Waals surface area (Å²) in [4.78, 5) is 13.3. The Labute approximate surface area is 105 Å². The molecule has 4 nitrogen and oxygen atoms in total. The number of aliphatic carboxylic acids is 1. The Morgan fingerprint density at radius 3 is 2.35 bits per heavy atom. The summed E-state index contributed by atoms with van der Waals surface area (Å²) in [6.45, 7) is 10.2. The van der Waals surface area contributed by atoms with Crippen molar-refractivity contribution >= 4 is 5.97 Å². The van der Waals surface area contributed by atoms with Crippen LogP contribution in [0.2, 0.25) is 0 Å². The van der Waals surface area contributed by atoms with Gasteiger partial charge in [-0.15, -0.1) is 0 Å². The molecule has 0 saturated carbocycles. The molecule has 0 saturated heterocycles. The topological polar surface area (TPSA) is 52.6 Å². The van der Waals surface area contributed by atoms with Crippen molar-refractivity contribution in [3.8, 4) is 0 Å². The van der Waals surface area contributed by atoms with Crippen molar-refractivity contribution in [2.75, 3.05) is 20.1 Å². The summed E-state index contributed by atoms with van der Waals surface area (Å²) >= 11 is 0. The molecule has 17 heavy (non-hydrogen) atoms. The van der Waals surface area contributed by atoms with Crippen molar-refractivity contribution in [3.05, 3.63) is 0 Å². The molecular weight excluding hydrogens is 216 g/mol. The second-order valence-corrected chi connectivity index (χ2v) is 5.28. The summed E-state index contributed by atoms with van der Waals surface area (Å²) in [6, 6.07) is -0.231. The minimum Gasteiger partial charge on any atom is -0.480 e. The second kappa shape index (κ2) is 8.48. The van der Waals surface area contributed by atoms with E-state index in [2.05, 4.69) is 31.1 Å². The van der Waals surface area contributed by atoms with E-state index in [0.29, 0.717) is 12.3 Å². The summed E-state index contributed by atoms with van der Waals surface area (Å²) in [6.07, 6.45) is 1.82. The van der Waals surface area contributed by atoms with Crippen LogP contribution in [0.25, 0.3) is 0 Å². The summed E-state index contributed by atoms with van der Waals surface area (Å²) in [5, 5.41) is 12.2. The Bertz CT molecular complexity index is 219. The Morgan fingerprint density at radius 2 is 1.94 bits per heavy atom. The number of carbonyl (C=O) groups is 1. The third-order valence-corrected chi connectivity index (χ3v) is 2.95. The molecule has 0 aliphatic heterocycles. The average molecular weight is 244 g/mol. The first-order valence-corrected chi connectivity index (χ1v) is 6.54. The van der Waals surface area contributed by atoms with Gasteiger partial charge in [0.1, 0.15) is 6.04 Å². The van der Waals surface area contributed by atoms with Crippen LogP contribution in [-0.4, -0.2) is 48.2 Å². The number of hydrogen-bond donors (Lipinski definition) is 2. The van der Waals surface area contributed by atoms with Crippen molar-refractivity contribution in [2.24, 2.45) is 5.92 Å². The molecule has 0 aromatic carbocycles. The smallest absolute Gasteiger partial charge is 0.320 e. The van der Waals surface area contributed by atoms with Gasteiger partial charge in [-0.3, -0.25) is 4.79 Å². The first-order valence-electron chi connectivity index (χ1n) is 6.54. The average Bonchev–Trinajstić information content (AvgIpc) is 2.23. The van der Waals surface area contributed by atoms with Gasteiger partial charge >= 0.3 is 5.97 Å². The van der Waals surface area contributed by atoms with E-state index in [1.807, 2.05) is 13.8 Å². The zero-order valence-corrected chi connectivity index (χ0v) is 11.9. The van der Waals surface area contributed by atoms with Gasteiger partial charge in [-0.05, 0) is 25.9 Å². The number of hydrogen-bond acceptors (Lipinski definition) is 3. The highest BCUT2D eigenvalue weighted by Crippen LogP contribution is 2.04. The first kappa shape index (κ1) is 16.4. The van der Waals surface area contributed by atoms with E-state index >= 15 is 0 Å². The predicted molar refractivity (Wildman–Crippen MR) is 71.3 cm³/mol. The van der Waals surface area contributed by atoms with Crippen LogP contribution < -0.4 is 5.32 Å². The zero-order chi connectivity index (χ0) is 13.4. The van der Waals surface area contributed by atoms with Crippen molar-refractivity contribution in [1.82, 2.24) is 10.2 Å². The Hall–Kier alpha value is -0.610. The van der Waals surface area contributed by atoms with Gasteiger partial charge in [-0.1, -0.05) is 34.1 Å². The summed E-state index contributed by atoms with van der Waals surface area (Å²) in [5.74, 6) is -0.0861. The maximum Gasteiger partial charge on any atom is 0.320 e. The molecule has 0 aliphatic rings. The quantitative estimate of drug-likeness (QED) is 0.649. The highest BCUT2D eigenvalue weighted by atomic mass is 16.4. The monoisotopic (exact) mass is 244 g/mol. The predicted octanol–water partition coefficient (Wildman–Crippen LogP) is 1.81. The van der Waals surface area contributed by atoms with Crippen LogP contribution in [-0.2, 0) is 4.79 Å². The minimum absolute atomic E-state index is 0.205. The fourth-order valence-corrected chi connectivity index (χ4v) is 1.78. The third-order valence-electron chi connectivity index (χ3n) is 2.95. The van der Waals surface area contributed by atoms with Crippen LogP contribution >= 0.6 is 0 Å². The van der Waals surface area contributed by atoms with Crippen molar-refractivity contribution in [2.45, 2.75) is 52.6 Å². The first-order chi connectivity index (χ1) is 7.86. The van der Waals surface area contributed by atoms with Gasteiger partial charge < -0.3 is 15.3 Å². The van der Waals surface area contributed by atoms with E-state index in [9.17, 15) is 4.79 Å². The molecule has 0 aliphatic carbocycles. The maximum atomic E-state index is 11.0. The fraction of sp³-hybridized carbons (Fsp3) is 0.923. The van der Waals surface area contributed by atoms with Gasteiger partial charge in [0.15, 0.2) is 0 Å². The zero-order valence-electron chi connectivity index (χ0n) is 11.9. The van der Waals surface area contributed by atoms with Crippen LogP contribution in [0.15, 0.2) is 0 Å². The van der Waals surface area contributed by atoms with Gasteiger partial charge in [0.05, 0.1) is 0 Å². The molecule has 0 spiro atoms. The highest BCUT2D eigenvalue weighted by Gasteiger charge is 2.18. The van der Waals surface area contributed by atoms with Crippen molar-refractivity contribution in [3.63, 3.8) is 0 Å². The Balaban J connectivity index is 3.99. The fourth-order valence-electron chi connectivity index (χ4n) is 1.78. The third kappa shape index (κ3) is 8.16. The van der Waals surface area contributed by atoms with E-state index in [1.54, 1.807) is 0 Å². The van der Waals surface area contributed by atoms with Gasteiger partial charge in [-0.2, -0.15) is 0 Å². The molecule has 0 aromatic rings. The molecular formula is C13H28N2O2.